The molecule has 5 atom stereocenters. The number of hydrogen-bond acceptors (Lipinski definition) is 3. The molecule has 1 aliphatic heterocycles. The maximum absolute atomic E-state index is 13.4. The zero-order valence-corrected chi connectivity index (χ0v) is 22.2. The van der Waals surface area contributed by atoms with Crippen molar-refractivity contribution < 1.29 is 15.0 Å². The van der Waals surface area contributed by atoms with E-state index in [-0.39, 0.29) is 24.3 Å². The van der Waals surface area contributed by atoms with Crippen LogP contribution in [-0.4, -0.2) is 45.8 Å². The second kappa shape index (κ2) is 12.4. The summed E-state index contributed by atoms with van der Waals surface area (Å²) in [6.45, 7) is 8.54. The largest absolute Gasteiger partial charge is 0.396 e. The zero-order chi connectivity index (χ0) is 25.6. The van der Waals surface area contributed by atoms with E-state index < -0.39 is 17.6 Å². The van der Waals surface area contributed by atoms with Gasteiger partial charge in [0.25, 0.3) is 0 Å². The highest BCUT2D eigenvalue weighted by Crippen LogP contribution is 2.46. The average molecular weight is 519 g/mol. The van der Waals surface area contributed by atoms with Gasteiger partial charge in [0.2, 0.25) is 5.91 Å². The van der Waals surface area contributed by atoms with E-state index in [1.54, 1.807) is 6.08 Å². The van der Waals surface area contributed by atoms with E-state index in [0.29, 0.717) is 35.9 Å². The van der Waals surface area contributed by atoms with E-state index in [1.807, 2.05) is 67.3 Å². The molecule has 2 aromatic carbocycles. The van der Waals surface area contributed by atoms with Gasteiger partial charge in [0.15, 0.2) is 0 Å². The molecule has 2 unspecified atom stereocenters. The van der Waals surface area contributed by atoms with Gasteiger partial charge in [0.1, 0.15) is 0 Å². The van der Waals surface area contributed by atoms with E-state index in [1.165, 1.54) is 0 Å². The Balaban J connectivity index is 2.20. The monoisotopic (exact) mass is 517 g/mol. The molecule has 1 aliphatic rings. The molecule has 0 bridgehead atoms. The highest BCUT2D eigenvalue weighted by Gasteiger charge is 2.50. The van der Waals surface area contributed by atoms with Crippen LogP contribution in [0, 0.1) is 5.92 Å². The molecule has 35 heavy (non-hydrogen) atoms. The van der Waals surface area contributed by atoms with Crippen molar-refractivity contribution in [3.63, 3.8) is 0 Å². The Hall–Kier alpha value is -1.85. The molecular weight excluding hydrogens is 481 g/mol. The minimum absolute atomic E-state index is 0.0443. The Morgan fingerprint density at radius 2 is 1.89 bits per heavy atom. The van der Waals surface area contributed by atoms with E-state index in [9.17, 15) is 15.0 Å². The number of aliphatic hydroxyl groups excluding tert-OH is 2. The summed E-state index contributed by atoms with van der Waals surface area (Å²) in [5, 5.41) is 23.6. The molecule has 2 aromatic rings. The summed E-state index contributed by atoms with van der Waals surface area (Å²) in [4.78, 5) is 15.3. The number of aliphatic hydroxyl groups is 2. The Kier molecular flexibility index (Phi) is 9.83. The van der Waals surface area contributed by atoms with Crippen LogP contribution in [0.1, 0.15) is 68.9 Å². The van der Waals surface area contributed by atoms with Crippen LogP contribution >= 0.6 is 23.2 Å². The van der Waals surface area contributed by atoms with Crippen molar-refractivity contribution in [2.24, 2.45) is 5.92 Å². The van der Waals surface area contributed by atoms with Gasteiger partial charge in [-0.05, 0) is 73.4 Å². The number of nitrogens with zero attached hydrogens (tertiary/aromatic N) is 1. The van der Waals surface area contributed by atoms with Crippen molar-refractivity contribution in [1.29, 1.82) is 0 Å². The summed E-state index contributed by atoms with van der Waals surface area (Å²) in [6.07, 6.45) is 4.11. The Morgan fingerprint density at radius 1 is 1.17 bits per heavy atom. The Bertz CT molecular complexity index is 996. The number of carbonyl (C=O) groups excluding carboxylic acids is 1. The van der Waals surface area contributed by atoms with Crippen LogP contribution in [0.15, 0.2) is 61.2 Å². The lowest BCUT2D eigenvalue weighted by molar-refractivity contribution is -0.153. The highest BCUT2D eigenvalue weighted by atomic mass is 35.5. The lowest BCUT2D eigenvalue weighted by Crippen LogP contribution is -2.62. The summed E-state index contributed by atoms with van der Waals surface area (Å²) in [6, 6.07) is 15.1. The molecule has 0 radical (unpaired) electrons. The van der Waals surface area contributed by atoms with Gasteiger partial charge in [-0.2, -0.15) is 0 Å². The van der Waals surface area contributed by atoms with Gasteiger partial charge >= 0.3 is 0 Å². The third-order valence-corrected chi connectivity index (χ3v) is 8.14. The van der Waals surface area contributed by atoms with Crippen molar-refractivity contribution in [2.75, 3.05) is 13.2 Å². The second-order valence-corrected chi connectivity index (χ2v) is 10.6. The number of piperidine rings is 1. The van der Waals surface area contributed by atoms with Gasteiger partial charge < -0.3 is 15.1 Å². The van der Waals surface area contributed by atoms with Crippen LogP contribution in [0.3, 0.4) is 0 Å². The second-order valence-electron chi connectivity index (χ2n) is 9.68. The first kappa shape index (κ1) is 27.7. The van der Waals surface area contributed by atoms with Crippen molar-refractivity contribution in [2.45, 2.75) is 69.4 Å². The predicted molar refractivity (Wildman–Crippen MR) is 144 cm³/mol. The molecule has 0 aliphatic carbocycles. The molecule has 3 rings (SSSR count). The molecule has 2 N–H and O–H groups in total. The topological polar surface area (TPSA) is 60.8 Å². The van der Waals surface area contributed by atoms with Crippen LogP contribution in [0.2, 0.25) is 10.0 Å². The van der Waals surface area contributed by atoms with Crippen LogP contribution in [0.4, 0.5) is 0 Å². The molecule has 4 nitrogen and oxygen atoms in total. The highest BCUT2D eigenvalue weighted by molar-refractivity contribution is 6.30. The first-order chi connectivity index (χ1) is 16.8. The van der Waals surface area contributed by atoms with Crippen molar-refractivity contribution >= 4 is 29.1 Å². The quantitative estimate of drug-likeness (QED) is 0.330. The third-order valence-electron chi connectivity index (χ3n) is 7.65. The Labute approximate surface area is 219 Å². The maximum Gasteiger partial charge on any atom is 0.225 e. The van der Waals surface area contributed by atoms with E-state index in [2.05, 4.69) is 6.58 Å². The van der Waals surface area contributed by atoms with Crippen LogP contribution < -0.4 is 0 Å². The minimum Gasteiger partial charge on any atom is -0.396 e. The van der Waals surface area contributed by atoms with Crippen molar-refractivity contribution in [3.8, 4) is 0 Å². The van der Waals surface area contributed by atoms with Gasteiger partial charge in [0, 0.05) is 35.0 Å². The summed E-state index contributed by atoms with van der Waals surface area (Å²) >= 11 is 12.6. The molecule has 190 valence electrons. The van der Waals surface area contributed by atoms with Gasteiger partial charge in [-0.3, -0.25) is 4.79 Å². The fourth-order valence-electron chi connectivity index (χ4n) is 5.77. The van der Waals surface area contributed by atoms with Crippen LogP contribution in [-0.2, 0) is 4.79 Å². The zero-order valence-electron chi connectivity index (χ0n) is 20.7. The number of halogens is 2. The van der Waals surface area contributed by atoms with Crippen molar-refractivity contribution in [1.82, 2.24) is 4.90 Å². The van der Waals surface area contributed by atoms with Crippen LogP contribution in [0.25, 0.3) is 0 Å². The predicted octanol–water partition coefficient (Wildman–Crippen LogP) is 6.59. The normalized spacial score (nSPS) is 20.7. The number of likely N-dealkylation sites (tertiary alicyclic amines) is 1. The molecule has 0 spiro atoms. The standard InChI is InChI=1S/C29H37Cl2NO3/c1-4-16-29(5-2,32-17-7-8-20(3)28(32)35)27(34)26(22-9-6-10-24(31)19-22)25(15-18-33)21-11-13-23(30)14-12-21/h4,6,9-14,19-20,25-27,33-34H,1,5,7-8,15-18H2,2-3H3/t20?,25-,26+,27?,29+/m1/s1. The summed E-state index contributed by atoms with van der Waals surface area (Å²) < 4.78 is 0. The molecule has 1 saturated heterocycles. The van der Waals surface area contributed by atoms with Gasteiger partial charge in [-0.15, -0.1) is 6.58 Å². The fourth-order valence-corrected chi connectivity index (χ4v) is 6.09. The molecule has 6 heteroatoms. The minimum atomic E-state index is -0.926. The maximum atomic E-state index is 13.4. The van der Waals surface area contributed by atoms with E-state index >= 15 is 0 Å². The molecular formula is C29H37Cl2NO3. The van der Waals surface area contributed by atoms with E-state index in [0.717, 1.165) is 24.0 Å². The molecule has 1 fully saturated rings. The summed E-state index contributed by atoms with van der Waals surface area (Å²) in [5.74, 6) is -0.652. The molecule has 1 heterocycles. The summed E-state index contributed by atoms with van der Waals surface area (Å²) in [7, 11) is 0. The first-order valence-electron chi connectivity index (χ1n) is 12.5. The smallest absolute Gasteiger partial charge is 0.225 e. The van der Waals surface area contributed by atoms with Crippen LogP contribution in [0.5, 0.6) is 0 Å². The number of carbonyl (C=O) groups is 1. The fraction of sp³-hybridized carbons (Fsp3) is 0.483. The summed E-state index contributed by atoms with van der Waals surface area (Å²) in [5.41, 5.74) is 1.01. The van der Waals surface area contributed by atoms with Gasteiger partial charge in [-0.25, -0.2) is 0 Å². The number of rotatable bonds is 11. The van der Waals surface area contributed by atoms with Gasteiger partial charge in [0.05, 0.1) is 11.6 Å². The number of benzene rings is 2. The lowest BCUT2D eigenvalue weighted by Gasteiger charge is -2.52. The molecule has 0 saturated carbocycles. The first-order valence-corrected chi connectivity index (χ1v) is 13.3. The number of hydrogen-bond donors (Lipinski definition) is 2. The number of amides is 1. The molecule has 1 amide bonds. The molecule has 0 aromatic heterocycles. The Morgan fingerprint density at radius 3 is 2.49 bits per heavy atom. The third kappa shape index (κ3) is 5.94. The van der Waals surface area contributed by atoms with Crippen molar-refractivity contribution in [3.05, 3.63) is 82.4 Å². The lowest BCUT2D eigenvalue weighted by atomic mass is 9.68. The SMILES string of the molecule is C=CC[C@@](CC)(C(O)[C@@H](c1cccc(Cl)c1)[C@H](CCO)c1ccc(Cl)cc1)N1CCCC(C)C1=O. The van der Waals surface area contributed by atoms with E-state index in [4.69, 9.17) is 23.2 Å². The average Bonchev–Trinajstić information content (AvgIpc) is 2.85. The van der Waals surface area contributed by atoms with Gasteiger partial charge in [-0.1, -0.05) is 67.4 Å².